The predicted octanol–water partition coefficient (Wildman–Crippen LogP) is 7.51. The number of aromatic nitrogens is 1. The van der Waals surface area contributed by atoms with Crippen molar-refractivity contribution in [2.45, 2.75) is 19.3 Å². The third kappa shape index (κ3) is 11.6. The highest BCUT2D eigenvalue weighted by Gasteiger charge is 2.34. The first-order chi connectivity index (χ1) is 28.5. The van der Waals surface area contributed by atoms with E-state index in [-0.39, 0.29) is 17.0 Å². The summed E-state index contributed by atoms with van der Waals surface area (Å²) in [6.07, 6.45) is -7.56. The zero-order valence-corrected chi connectivity index (χ0v) is 33.1. The largest absolute Gasteiger partial charge is 0.416 e. The molecule has 2 amide bonds. The summed E-state index contributed by atoms with van der Waals surface area (Å²) in [6, 6.07) is 14.8. The quantitative estimate of drug-likeness (QED) is 0.136. The van der Waals surface area contributed by atoms with E-state index >= 15 is 0 Å². The molecule has 19 heteroatoms. The first-order valence-electron chi connectivity index (χ1n) is 18.9. The lowest BCUT2D eigenvalue weighted by molar-refractivity contribution is -0.138. The molecule has 0 unspecified atom stereocenters. The van der Waals surface area contributed by atoms with E-state index in [0.29, 0.717) is 119 Å². The number of pyridine rings is 1. The molecule has 60 heavy (non-hydrogen) atoms. The number of hydrogen-bond donors (Lipinski definition) is 2. The van der Waals surface area contributed by atoms with Crippen LogP contribution in [0.1, 0.15) is 47.8 Å². The summed E-state index contributed by atoms with van der Waals surface area (Å²) in [5.74, 6) is -0.382. The Bertz CT molecular complexity index is 2170. The van der Waals surface area contributed by atoms with Gasteiger partial charge in [0.25, 0.3) is 17.1 Å². The normalized spacial score (nSPS) is 16.1. The molecular weight excluding hydrogens is 822 g/mol. The smallest absolute Gasteiger partial charge is 0.378 e. The Morgan fingerprint density at radius 1 is 0.600 bits per heavy atom. The molecule has 3 aliphatic heterocycles. The molecule has 0 bridgehead atoms. The summed E-state index contributed by atoms with van der Waals surface area (Å²) >= 11 is 5.29. The van der Waals surface area contributed by atoms with E-state index in [4.69, 9.17) is 25.8 Å². The average Bonchev–Trinajstić information content (AvgIpc) is 3.25. The molecule has 4 heterocycles. The Morgan fingerprint density at radius 3 is 1.60 bits per heavy atom. The number of ether oxygens (including phenoxy) is 3. The van der Waals surface area contributed by atoms with Crippen LogP contribution < -0.4 is 25.3 Å². The van der Waals surface area contributed by atoms with Crippen LogP contribution in [0.3, 0.4) is 0 Å². The molecule has 0 aliphatic carbocycles. The first kappa shape index (κ1) is 44.1. The second kappa shape index (κ2) is 19.3. The number of benzene rings is 3. The van der Waals surface area contributed by atoms with Gasteiger partial charge in [-0.15, -0.1) is 0 Å². The topological polar surface area (TPSA) is 126 Å². The molecule has 0 atom stereocenters. The van der Waals surface area contributed by atoms with Gasteiger partial charge >= 0.3 is 12.4 Å². The lowest BCUT2D eigenvalue weighted by Gasteiger charge is -2.29. The maximum atomic E-state index is 13.7. The van der Waals surface area contributed by atoms with Crippen molar-refractivity contribution in [2.24, 2.45) is 0 Å². The number of carbonyl (C=O) groups excluding carboxylic acids is 3. The van der Waals surface area contributed by atoms with Gasteiger partial charge in [0, 0.05) is 84.9 Å². The van der Waals surface area contributed by atoms with E-state index in [2.05, 4.69) is 15.6 Å². The van der Waals surface area contributed by atoms with Gasteiger partial charge < -0.3 is 39.5 Å². The van der Waals surface area contributed by atoms with Gasteiger partial charge in [-0.3, -0.25) is 14.4 Å². The molecule has 12 nitrogen and oxygen atoms in total. The monoisotopic (exact) mass is 862 g/mol. The van der Waals surface area contributed by atoms with Gasteiger partial charge in [-0.05, 0) is 84.8 Å². The Hall–Kier alpha value is -5.43. The molecule has 7 rings (SSSR count). The molecule has 4 aromatic rings. The summed E-state index contributed by atoms with van der Waals surface area (Å²) in [5.41, 5.74) is 0.448. The van der Waals surface area contributed by atoms with E-state index in [1.165, 1.54) is 12.1 Å². The molecule has 2 N–H and O–H groups in total. The van der Waals surface area contributed by atoms with E-state index in [1.807, 2.05) is 4.90 Å². The molecule has 3 aliphatic rings. The number of amides is 2. The van der Waals surface area contributed by atoms with Crippen molar-refractivity contribution < 1.29 is 54.9 Å². The number of carbonyl (C=O) groups is 3. The van der Waals surface area contributed by atoms with Crippen LogP contribution in [0.25, 0.3) is 0 Å². The van der Waals surface area contributed by atoms with Gasteiger partial charge in [0.05, 0.1) is 50.8 Å². The lowest BCUT2D eigenvalue weighted by Crippen LogP contribution is -2.36. The lowest BCUT2D eigenvalue weighted by atomic mass is 10.1. The number of nitrogens with one attached hydrogen (secondary N) is 2. The third-order valence-corrected chi connectivity index (χ3v) is 10.0. The number of alkyl halides is 6. The molecular formula is C41H41ClF6N6O6. The molecule has 0 radical (unpaired) electrons. The van der Waals surface area contributed by atoms with Gasteiger partial charge in [0.2, 0.25) is 0 Å². The fourth-order valence-corrected chi connectivity index (χ4v) is 6.67. The van der Waals surface area contributed by atoms with Crippen LogP contribution in [0, 0.1) is 6.92 Å². The Labute approximate surface area is 346 Å². The fraction of sp³-hybridized carbons (Fsp3) is 0.366. The zero-order chi connectivity index (χ0) is 43.0. The second-order valence-electron chi connectivity index (χ2n) is 13.9. The third-order valence-electron chi connectivity index (χ3n) is 9.82. The van der Waals surface area contributed by atoms with Crippen molar-refractivity contribution in [3.63, 3.8) is 0 Å². The van der Waals surface area contributed by atoms with Gasteiger partial charge in [-0.25, -0.2) is 4.98 Å². The van der Waals surface area contributed by atoms with Crippen molar-refractivity contribution >= 4 is 57.2 Å². The highest BCUT2D eigenvalue weighted by Crippen LogP contribution is 2.35. The summed E-state index contributed by atoms with van der Waals surface area (Å²) in [7, 11) is 0. The SMILES string of the molecule is Cc1ccc(NC(=O)c2ccnc(N3CCOCC3)c2)cc1NC(=O)c1cc(N2CCOCC2)cc(C(F)(F)F)c1.O=C(Cl)c1cc(N2CCOCC2)cc(C(F)(F)F)c1. The minimum atomic E-state index is -4.62. The van der Waals surface area contributed by atoms with Crippen LogP contribution in [0.15, 0.2) is 72.9 Å². The van der Waals surface area contributed by atoms with Crippen LogP contribution in [-0.4, -0.2) is 101 Å². The van der Waals surface area contributed by atoms with Crippen LogP contribution in [0.4, 0.5) is 54.9 Å². The standard InChI is InChI=1S/C29H30F3N5O4.C12H11ClF3NO2/c1-19-2-3-23(34-27(38)20-4-5-33-26(16-20)37-8-12-41-13-9-37)18-25(19)35-28(39)21-14-22(29(30,31)32)17-24(15-21)36-6-10-40-11-7-36;13-11(18)8-5-9(12(14,15)16)7-10(6-8)17-1-3-19-4-2-17/h2-5,14-18H,6-13H2,1H3,(H,34,38)(H,35,39);5-7H,1-4H2. The van der Waals surface area contributed by atoms with Crippen LogP contribution >= 0.6 is 11.6 Å². The van der Waals surface area contributed by atoms with E-state index in [9.17, 15) is 40.7 Å². The zero-order valence-electron chi connectivity index (χ0n) is 32.3. The Kier molecular flexibility index (Phi) is 14.2. The first-order valence-corrected chi connectivity index (χ1v) is 19.2. The van der Waals surface area contributed by atoms with Gasteiger partial charge in [-0.1, -0.05) is 6.07 Å². The molecule has 3 fully saturated rings. The van der Waals surface area contributed by atoms with Crippen LogP contribution in [0.2, 0.25) is 0 Å². The van der Waals surface area contributed by atoms with Crippen LogP contribution in [-0.2, 0) is 26.6 Å². The molecule has 0 saturated carbocycles. The van der Waals surface area contributed by atoms with Crippen molar-refractivity contribution in [1.82, 2.24) is 4.98 Å². The van der Waals surface area contributed by atoms with E-state index < -0.39 is 34.6 Å². The Morgan fingerprint density at radius 2 is 1.08 bits per heavy atom. The number of aryl methyl sites for hydroxylation is 1. The highest BCUT2D eigenvalue weighted by atomic mass is 35.5. The van der Waals surface area contributed by atoms with Gasteiger partial charge in [-0.2, -0.15) is 26.3 Å². The second-order valence-corrected chi connectivity index (χ2v) is 14.3. The minimum Gasteiger partial charge on any atom is -0.378 e. The molecule has 3 saturated heterocycles. The van der Waals surface area contributed by atoms with E-state index in [1.54, 1.807) is 53.3 Å². The van der Waals surface area contributed by atoms with E-state index in [0.717, 1.165) is 24.3 Å². The van der Waals surface area contributed by atoms with Crippen molar-refractivity contribution in [2.75, 3.05) is 104 Å². The highest BCUT2D eigenvalue weighted by molar-refractivity contribution is 6.67. The predicted molar refractivity (Wildman–Crippen MR) is 213 cm³/mol. The maximum Gasteiger partial charge on any atom is 0.416 e. The summed E-state index contributed by atoms with van der Waals surface area (Å²) in [4.78, 5) is 47.2. The number of hydrogen-bond acceptors (Lipinski definition) is 10. The molecule has 1 aromatic heterocycles. The van der Waals surface area contributed by atoms with Crippen molar-refractivity contribution in [3.05, 3.63) is 106 Å². The average molecular weight is 863 g/mol. The van der Waals surface area contributed by atoms with Crippen LogP contribution in [0.5, 0.6) is 0 Å². The molecule has 320 valence electrons. The van der Waals surface area contributed by atoms with Crippen molar-refractivity contribution in [3.8, 4) is 0 Å². The van der Waals surface area contributed by atoms with Gasteiger partial charge in [0.1, 0.15) is 5.82 Å². The fourth-order valence-electron chi connectivity index (χ4n) is 6.56. The molecule has 3 aromatic carbocycles. The van der Waals surface area contributed by atoms with Crippen molar-refractivity contribution in [1.29, 1.82) is 0 Å². The summed E-state index contributed by atoms with van der Waals surface area (Å²) in [5, 5.41) is 4.63. The van der Waals surface area contributed by atoms with Gasteiger partial charge in [0.15, 0.2) is 0 Å². The maximum absolute atomic E-state index is 13.7. The number of nitrogens with zero attached hydrogens (tertiary/aromatic N) is 4. The number of anilines is 5. The number of rotatable bonds is 8. The summed E-state index contributed by atoms with van der Waals surface area (Å²) < 4.78 is 95.2. The minimum absolute atomic E-state index is 0.123. The number of morpholine rings is 3. The molecule has 0 spiro atoms. The number of halogens is 7. The summed E-state index contributed by atoms with van der Waals surface area (Å²) in [6.45, 7) is 7.78. The Balaban J connectivity index is 0.000000265.